The van der Waals surface area contributed by atoms with Gasteiger partial charge in [0.25, 0.3) is 0 Å². The molecular weight excluding hydrogens is 170 g/mol. The van der Waals surface area contributed by atoms with Crippen molar-refractivity contribution in [1.82, 2.24) is 0 Å². The molecule has 1 aromatic carbocycles. The van der Waals surface area contributed by atoms with Crippen LogP contribution in [0.15, 0.2) is 23.1 Å². The second-order valence-corrected chi connectivity index (χ2v) is 3.24. The number of benzene rings is 1. The van der Waals surface area contributed by atoms with E-state index < -0.39 is 0 Å². The molecule has 0 aliphatic heterocycles. The largest absolute Gasteiger partial charge is 0.496 e. The Morgan fingerprint density at radius 2 is 2.25 bits per heavy atom. The summed E-state index contributed by atoms with van der Waals surface area (Å²) in [5.74, 6) is 0.916. The van der Waals surface area contributed by atoms with Crippen molar-refractivity contribution >= 4 is 11.8 Å². The lowest BCUT2D eigenvalue weighted by molar-refractivity contribution is 0.404. The maximum Gasteiger partial charge on any atom is 0.132 e. The van der Waals surface area contributed by atoms with Gasteiger partial charge < -0.3 is 10.5 Å². The van der Waals surface area contributed by atoms with Crippen molar-refractivity contribution < 1.29 is 4.74 Å². The number of ether oxygens (including phenoxy) is 1. The minimum absolute atomic E-state index is 0.581. The zero-order chi connectivity index (χ0) is 8.97. The van der Waals surface area contributed by atoms with Crippen molar-refractivity contribution in [1.29, 1.82) is 0 Å². The Labute approximate surface area is 77.1 Å². The average Bonchev–Trinajstić information content (AvgIpc) is 2.16. The van der Waals surface area contributed by atoms with Gasteiger partial charge >= 0.3 is 0 Å². The van der Waals surface area contributed by atoms with E-state index in [1.165, 1.54) is 0 Å². The van der Waals surface area contributed by atoms with E-state index in [-0.39, 0.29) is 0 Å². The summed E-state index contributed by atoms with van der Waals surface area (Å²) in [6.45, 7) is 0.581. The summed E-state index contributed by atoms with van der Waals surface area (Å²) >= 11 is 1.67. The predicted molar refractivity (Wildman–Crippen MR) is 52.7 cm³/mol. The summed E-state index contributed by atoms with van der Waals surface area (Å²) < 4.78 is 5.17. The summed E-state index contributed by atoms with van der Waals surface area (Å²) in [4.78, 5) is 1.14. The smallest absolute Gasteiger partial charge is 0.132 e. The lowest BCUT2D eigenvalue weighted by atomic mass is 10.2. The van der Waals surface area contributed by atoms with Gasteiger partial charge in [0, 0.05) is 11.4 Å². The fourth-order valence-corrected chi connectivity index (χ4v) is 1.63. The van der Waals surface area contributed by atoms with Crippen molar-refractivity contribution in [3.8, 4) is 5.75 Å². The van der Waals surface area contributed by atoms with Crippen LogP contribution in [-0.4, -0.2) is 13.4 Å². The monoisotopic (exact) mass is 183 g/mol. The second kappa shape index (κ2) is 4.38. The normalized spacial score (nSPS) is 9.92. The Bertz CT molecular complexity index is 263. The van der Waals surface area contributed by atoms with Crippen LogP contribution in [0.25, 0.3) is 0 Å². The van der Waals surface area contributed by atoms with Crippen LogP contribution in [0, 0.1) is 0 Å². The van der Waals surface area contributed by atoms with E-state index in [4.69, 9.17) is 10.5 Å². The summed E-state index contributed by atoms with van der Waals surface area (Å²) in [6.07, 6.45) is 2.03. The van der Waals surface area contributed by atoms with E-state index in [2.05, 4.69) is 6.07 Å². The molecule has 0 atom stereocenters. The molecule has 0 radical (unpaired) electrons. The molecule has 0 unspecified atom stereocenters. The van der Waals surface area contributed by atoms with E-state index in [1.54, 1.807) is 18.9 Å². The van der Waals surface area contributed by atoms with Gasteiger partial charge in [-0.05, 0) is 24.0 Å². The van der Waals surface area contributed by atoms with Gasteiger partial charge in [0.15, 0.2) is 0 Å². The molecular formula is C9H13NOS. The highest BCUT2D eigenvalue weighted by Crippen LogP contribution is 2.27. The van der Waals surface area contributed by atoms with Crippen molar-refractivity contribution in [2.24, 2.45) is 5.73 Å². The maximum absolute atomic E-state index is 5.51. The molecule has 0 aromatic heterocycles. The third kappa shape index (κ3) is 1.93. The minimum atomic E-state index is 0.581. The Kier molecular flexibility index (Phi) is 3.44. The number of rotatable bonds is 3. The standard InChI is InChI=1S/C9H13NOS/c1-11-8-4-3-7(6-10)5-9(8)12-2/h3-5H,6,10H2,1-2H3. The van der Waals surface area contributed by atoms with E-state index in [9.17, 15) is 0 Å². The van der Waals surface area contributed by atoms with Gasteiger partial charge in [-0.2, -0.15) is 0 Å². The molecule has 0 saturated heterocycles. The summed E-state index contributed by atoms with van der Waals surface area (Å²) in [5.41, 5.74) is 6.65. The SMILES string of the molecule is COc1ccc(CN)cc1SC. The molecule has 0 saturated carbocycles. The lowest BCUT2D eigenvalue weighted by Crippen LogP contribution is -1.96. The van der Waals surface area contributed by atoms with E-state index in [0.29, 0.717) is 6.54 Å². The molecule has 0 amide bonds. The number of thioether (sulfide) groups is 1. The van der Waals surface area contributed by atoms with Crippen molar-refractivity contribution in [2.75, 3.05) is 13.4 Å². The van der Waals surface area contributed by atoms with Gasteiger partial charge in [-0.3, -0.25) is 0 Å². The van der Waals surface area contributed by atoms with Crippen LogP contribution in [0.4, 0.5) is 0 Å². The topological polar surface area (TPSA) is 35.2 Å². The van der Waals surface area contributed by atoms with Crippen LogP contribution < -0.4 is 10.5 Å². The highest BCUT2D eigenvalue weighted by molar-refractivity contribution is 7.98. The van der Waals surface area contributed by atoms with E-state index >= 15 is 0 Å². The Balaban J connectivity index is 3.02. The first-order chi connectivity index (χ1) is 5.81. The van der Waals surface area contributed by atoms with Crippen LogP contribution in [0.5, 0.6) is 5.75 Å². The third-order valence-electron chi connectivity index (χ3n) is 1.68. The summed E-state index contributed by atoms with van der Waals surface area (Å²) in [6, 6.07) is 6.00. The van der Waals surface area contributed by atoms with E-state index in [0.717, 1.165) is 16.2 Å². The number of nitrogens with two attached hydrogens (primary N) is 1. The van der Waals surface area contributed by atoms with E-state index in [1.807, 2.05) is 18.4 Å². The molecule has 0 fully saturated rings. The molecule has 0 heterocycles. The molecule has 12 heavy (non-hydrogen) atoms. The van der Waals surface area contributed by atoms with Crippen LogP contribution in [0.1, 0.15) is 5.56 Å². The number of methoxy groups -OCH3 is 1. The Hall–Kier alpha value is -0.670. The lowest BCUT2D eigenvalue weighted by Gasteiger charge is -2.06. The van der Waals surface area contributed by atoms with Crippen molar-refractivity contribution in [3.05, 3.63) is 23.8 Å². The maximum atomic E-state index is 5.51. The number of hydrogen-bond donors (Lipinski definition) is 1. The van der Waals surface area contributed by atoms with Crippen LogP contribution >= 0.6 is 11.8 Å². The summed E-state index contributed by atoms with van der Waals surface area (Å²) in [5, 5.41) is 0. The first kappa shape index (κ1) is 9.42. The molecule has 2 nitrogen and oxygen atoms in total. The molecule has 0 bridgehead atoms. The molecule has 2 N–H and O–H groups in total. The fourth-order valence-electron chi connectivity index (χ4n) is 1.01. The van der Waals surface area contributed by atoms with Crippen LogP contribution in [0.3, 0.4) is 0 Å². The summed E-state index contributed by atoms with van der Waals surface area (Å²) in [7, 11) is 1.68. The number of hydrogen-bond acceptors (Lipinski definition) is 3. The molecule has 1 aromatic rings. The van der Waals surface area contributed by atoms with Crippen molar-refractivity contribution in [3.63, 3.8) is 0 Å². The fraction of sp³-hybridized carbons (Fsp3) is 0.333. The molecule has 1 rings (SSSR count). The molecule has 0 aliphatic rings. The highest BCUT2D eigenvalue weighted by atomic mass is 32.2. The quantitative estimate of drug-likeness (QED) is 0.727. The van der Waals surface area contributed by atoms with Gasteiger partial charge in [0.1, 0.15) is 5.75 Å². The third-order valence-corrected chi connectivity index (χ3v) is 2.44. The van der Waals surface area contributed by atoms with Crippen LogP contribution in [0.2, 0.25) is 0 Å². The van der Waals surface area contributed by atoms with Gasteiger partial charge in [-0.25, -0.2) is 0 Å². The first-order valence-electron chi connectivity index (χ1n) is 3.72. The zero-order valence-electron chi connectivity index (χ0n) is 7.33. The molecule has 0 aliphatic carbocycles. The molecule has 66 valence electrons. The molecule has 0 spiro atoms. The minimum Gasteiger partial charge on any atom is -0.496 e. The Morgan fingerprint density at radius 3 is 2.75 bits per heavy atom. The van der Waals surface area contributed by atoms with Gasteiger partial charge in [-0.1, -0.05) is 6.07 Å². The van der Waals surface area contributed by atoms with Crippen molar-refractivity contribution in [2.45, 2.75) is 11.4 Å². The van der Waals surface area contributed by atoms with Gasteiger partial charge in [-0.15, -0.1) is 11.8 Å². The van der Waals surface area contributed by atoms with Gasteiger partial charge in [0.05, 0.1) is 7.11 Å². The first-order valence-corrected chi connectivity index (χ1v) is 4.95. The second-order valence-electron chi connectivity index (χ2n) is 2.39. The Morgan fingerprint density at radius 1 is 1.50 bits per heavy atom. The zero-order valence-corrected chi connectivity index (χ0v) is 8.15. The predicted octanol–water partition coefficient (Wildman–Crippen LogP) is 1.88. The van der Waals surface area contributed by atoms with Crippen LogP contribution in [-0.2, 0) is 6.54 Å². The highest BCUT2D eigenvalue weighted by Gasteiger charge is 2.01. The average molecular weight is 183 g/mol. The van der Waals surface area contributed by atoms with Gasteiger partial charge in [0.2, 0.25) is 0 Å². The molecule has 3 heteroatoms.